The molecule has 2 rings (SSSR count). The van der Waals surface area contributed by atoms with E-state index in [1.165, 1.54) is 12.1 Å². The summed E-state index contributed by atoms with van der Waals surface area (Å²) >= 11 is 0. The lowest BCUT2D eigenvalue weighted by atomic mass is 10.0. The maximum Gasteiger partial charge on any atom is 0.132 e. The first-order valence-corrected chi connectivity index (χ1v) is 7.61. The number of carbonyl (C=O) groups is 1. The van der Waals surface area contributed by atoms with E-state index in [1.807, 2.05) is 25.1 Å². The predicted octanol–water partition coefficient (Wildman–Crippen LogP) is 4.76. The lowest BCUT2D eigenvalue weighted by Gasteiger charge is -2.13. The van der Waals surface area contributed by atoms with Gasteiger partial charge >= 0.3 is 0 Å². The molecule has 0 amide bonds. The van der Waals surface area contributed by atoms with E-state index in [-0.39, 0.29) is 12.4 Å². The second-order valence-corrected chi connectivity index (χ2v) is 5.69. The van der Waals surface area contributed by atoms with E-state index in [1.54, 1.807) is 6.92 Å². The molecule has 2 aromatic carbocycles. The van der Waals surface area contributed by atoms with Gasteiger partial charge in [-0.25, -0.2) is 8.78 Å². The van der Waals surface area contributed by atoms with Gasteiger partial charge in [-0.2, -0.15) is 0 Å². The Morgan fingerprint density at radius 1 is 1.09 bits per heavy atom. The third kappa shape index (κ3) is 5.16. The number of ether oxygens (including phenoxy) is 1. The van der Waals surface area contributed by atoms with Gasteiger partial charge in [-0.3, -0.25) is 0 Å². The quantitative estimate of drug-likeness (QED) is 0.735. The van der Waals surface area contributed by atoms with Gasteiger partial charge in [-0.1, -0.05) is 17.7 Å². The number of aryl methyl sites for hydroxylation is 2. The monoisotopic (exact) mass is 318 g/mol. The number of Topliss-reactive ketones (excluding diaryl/α,β-unsaturated/α-hetero) is 1. The van der Waals surface area contributed by atoms with Crippen LogP contribution in [-0.2, 0) is 17.8 Å². The van der Waals surface area contributed by atoms with E-state index in [2.05, 4.69) is 0 Å². The molecule has 0 aliphatic carbocycles. The van der Waals surface area contributed by atoms with Gasteiger partial charge in [0, 0.05) is 18.1 Å². The van der Waals surface area contributed by atoms with Crippen LogP contribution in [-0.4, -0.2) is 5.78 Å². The highest BCUT2D eigenvalue weighted by Crippen LogP contribution is 2.24. The number of halogens is 2. The Kier molecular flexibility index (Phi) is 5.85. The lowest BCUT2D eigenvalue weighted by Crippen LogP contribution is -2.02. The molecule has 0 saturated heterocycles. The molecule has 4 heteroatoms. The molecule has 0 aromatic heterocycles. The van der Waals surface area contributed by atoms with Gasteiger partial charge in [0.25, 0.3) is 0 Å². The summed E-state index contributed by atoms with van der Waals surface area (Å²) in [5.41, 5.74) is 2.40. The highest BCUT2D eigenvalue weighted by atomic mass is 19.1. The molecule has 2 aromatic rings. The van der Waals surface area contributed by atoms with Crippen molar-refractivity contribution in [3.8, 4) is 5.75 Å². The first-order valence-electron chi connectivity index (χ1n) is 7.61. The van der Waals surface area contributed by atoms with Gasteiger partial charge in [-0.15, -0.1) is 0 Å². The standard InChI is InChI=1S/C19H20F2O2/c1-13-6-9-19(15(10-13)5-3-4-14(2)22)23-12-16-7-8-17(20)11-18(16)21/h6-11H,3-5,12H2,1-2H3. The van der Waals surface area contributed by atoms with Gasteiger partial charge in [0.1, 0.15) is 29.8 Å². The van der Waals surface area contributed by atoms with Crippen LogP contribution < -0.4 is 4.74 Å². The van der Waals surface area contributed by atoms with Crippen LogP contribution in [0.15, 0.2) is 36.4 Å². The molecule has 0 radical (unpaired) electrons. The van der Waals surface area contributed by atoms with Crippen LogP contribution in [0.2, 0.25) is 0 Å². The lowest BCUT2D eigenvalue weighted by molar-refractivity contribution is -0.117. The smallest absolute Gasteiger partial charge is 0.132 e. The Hall–Kier alpha value is -2.23. The Morgan fingerprint density at radius 3 is 2.57 bits per heavy atom. The molecule has 0 bridgehead atoms. The van der Waals surface area contributed by atoms with E-state index in [4.69, 9.17) is 4.74 Å². The molecule has 0 spiro atoms. The molecular formula is C19H20F2O2. The summed E-state index contributed by atoms with van der Waals surface area (Å²) in [5.74, 6) is -0.391. The molecule has 0 atom stereocenters. The fourth-order valence-corrected chi connectivity index (χ4v) is 2.37. The van der Waals surface area contributed by atoms with E-state index < -0.39 is 11.6 Å². The first kappa shape index (κ1) is 17.1. The van der Waals surface area contributed by atoms with Crippen molar-refractivity contribution >= 4 is 5.78 Å². The molecule has 0 aliphatic heterocycles. The van der Waals surface area contributed by atoms with Crippen molar-refractivity contribution in [3.63, 3.8) is 0 Å². The number of hydrogen-bond donors (Lipinski definition) is 0. The van der Waals surface area contributed by atoms with Crippen LogP contribution in [0.1, 0.15) is 36.5 Å². The van der Waals surface area contributed by atoms with Crippen LogP contribution in [0.5, 0.6) is 5.75 Å². The zero-order chi connectivity index (χ0) is 16.8. The van der Waals surface area contributed by atoms with E-state index in [0.29, 0.717) is 17.7 Å². The van der Waals surface area contributed by atoms with Gasteiger partial charge in [0.05, 0.1) is 0 Å². The summed E-state index contributed by atoms with van der Waals surface area (Å²) in [6.45, 7) is 3.59. The molecule has 0 saturated carbocycles. The molecule has 0 aliphatic rings. The highest BCUT2D eigenvalue weighted by Gasteiger charge is 2.08. The van der Waals surface area contributed by atoms with Crippen LogP contribution >= 0.6 is 0 Å². The minimum absolute atomic E-state index is 0.0366. The molecule has 0 fully saturated rings. The summed E-state index contributed by atoms with van der Waals surface area (Å²) in [5, 5.41) is 0. The third-order valence-electron chi connectivity index (χ3n) is 3.59. The Balaban J connectivity index is 2.07. The minimum atomic E-state index is -0.616. The van der Waals surface area contributed by atoms with Crippen LogP contribution in [0, 0.1) is 18.6 Å². The summed E-state index contributed by atoms with van der Waals surface area (Å²) in [7, 11) is 0. The summed E-state index contributed by atoms with van der Waals surface area (Å²) < 4.78 is 32.3. The topological polar surface area (TPSA) is 26.3 Å². The number of hydrogen-bond acceptors (Lipinski definition) is 2. The molecule has 0 unspecified atom stereocenters. The Morgan fingerprint density at radius 2 is 1.87 bits per heavy atom. The molecule has 2 nitrogen and oxygen atoms in total. The Bertz CT molecular complexity index is 696. The molecule has 0 N–H and O–H groups in total. The zero-order valence-corrected chi connectivity index (χ0v) is 13.4. The number of carbonyl (C=O) groups excluding carboxylic acids is 1. The second-order valence-electron chi connectivity index (χ2n) is 5.69. The predicted molar refractivity (Wildman–Crippen MR) is 85.5 cm³/mol. The SMILES string of the molecule is CC(=O)CCCc1cc(C)ccc1OCc1ccc(F)cc1F. The van der Waals surface area contributed by atoms with Crippen molar-refractivity contribution in [2.24, 2.45) is 0 Å². The maximum atomic E-state index is 13.7. The average Bonchev–Trinajstić information content (AvgIpc) is 2.47. The summed E-state index contributed by atoms with van der Waals surface area (Å²) in [4.78, 5) is 11.1. The number of rotatable bonds is 7. The summed E-state index contributed by atoms with van der Waals surface area (Å²) in [6, 6.07) is 9.22. The normalized spacial score (nSPS) is 10.6. The van der Waals surface area contributed by atoms with Crippen molar-refractivity contribution in [1.82, 2.24) is 0 Å². The highest BCUT2D eigenvalue weighted by molar-refractivity contribution is 5.75. The average molecular weight is 318 g/mol. The second kappa shape index (κ2) is 7.86. The Labute approximate surface area is 135 Å². The van der Waals surface area contributed by atoms with Gasteiger partial charge in [-0.05, 0) is 50.5 Å². The molecule has 122 valence electrons. The zero-order valence-electron chi connectivity index (χ0n) is 13.4. The van der Waals surface area contributed by atoms with Crippen LogP contribution in [0.4, 0.5) is 8.78 Å². The van der Waals surface area contributed by atoms with Crippen LogP contribution in [0.25, 0.3) is 0 Å². The third-order valence-corrected chi connectivity index (χ3v) is 3.59. The molecule has 0 heterocycles. The van der Waals surface area contributed by atoms with Crippen molar-refractivity contribution < 1.29 is 18.3 Å². The minimum Gasteiger partial charge on any atom is -0.489 e. The molecular weight excluding hydrogens is 298 g/mol. The van der Waals surface area contributed by atoms with Crippen molar-refractivity contribution in [1.29, 1.82) is 0 Å². The van der Waals surface area contributed by atoms with Gasteiger partial charge in [0.15, 0.2) is 0 Å². The maximum absolute atomic E-state index is 13.7. The van der Waals surface area contributed by atoms with E-state index in [0.717, 1.165) is 30.0 Å². The number of benzene rings is 2. The summed E-state index contributed by atoms with van der Waals surface area (Å²) in [6.07, 6.45) is 2.00. The number of ketones is 1. The largest absolute Gasteiger partial charge is 0.489 e. The fourth-order valence-electron chi connectivity index (χ4n) is 2.37. The van der Waals surface area contributed by atoms with Crippen molar-refractivity contribution in [2.75, 3.05) is 0 Å². The van der Waals surface area contributed by atoms with Crippen LogP contribution in [0.3, 0.4) is 0 Å². The fraction of sp³-hybridized carbons (Fsp3) is 0.316. The van der Waals surface area contributed by atoms with Crippen molar-refractivity contribution in [2.45, 2.75) is 39.7 Å². The van der Waals surface area contributed by atoms with Crippen molar-refractivity contribution in [3.05, 3.63) is 64.7 Å². The van der Waals surface area contributed by atoms with E-state index in [9.17, 15) is 13.6 Å². The van der Waals surface area contributed by atoms with Gasteiger partial charge in [0.2, 0.25) is 0 Å². The van der Waals surface area contributed by atoms with E-state index >= 15 is 0 Å². The first-order chi connectivity index (χ1) is 11.0. The van der Waals surface area contributed by atoms with Gasteiger partial charge < -0.3 is 9.53 Å². The molecule has 23 heavy (non-hydrogen) atoms.